The molecule has 2 aromatic rings. The summed E-state index contributed by atoms with van der Waals surface area (Å²) < 4.78 is 0. The van der Waals surface area contributed by atoms with E-state index in [2.05, 4.69) is 50.4 Å². The van der Waals surface area contributed by atoms with E-state index in [1.165, 1.54) is 27.8 Å². The molecular formula is C23H32N2S. The molecule has 4 N–H and O–H groups in total. The molecule has 0 amide bonds. The zero-order valence-corrected chi connectivity index (χ0v) is 17.4. The Morgan fingerprint density at radius 1 is 1.04 bits per heavy atom. The minimum absolute atomic E-state index is 0.711. The molecule has 0 spiro atoms. The summed E-state index contributed by atoms with van der Waals surface area (Å²) in [6.45, 7) is 14.8. The van der Waals surface area contributed by atoms with Crippen LogP contribution in [-0.2, 0) is 12.8 Å². The van der Waals surface area contributed by atoms with Crippen molar-refractivity contribution >= 4 is 22.4 Å². The highest BCUT2D eigenvalue weighted by Gasteiger charge is 2.02. The maximum absolute atomic E-state index is 5.80. The van der Waals surface area contributed by atoms with Gasteiger partial charge in [-0.05, 0) is 80.3 Å². The molecule has 0 atom stereocenters. The molecule has 2 aromatic carbocycles. The summed E-state index contributed by atoms with van der Waals surface area (Å²) in [4.78, 5) is 1.11. The van der Waals surface area contributed by atoms with Crippen LogP contribution in [0.2, 0.25) is 0 Å². The quantitative estimate of drug-likeness (QED) is 0.521. The minimum Gasteiger partial charge on any atom is -0.399 e. The summed E-state index contributed by atoms with van der Waals surface area (Å²) in [6.07, 6.45) is 3.94. The van der Waals surface area contributed by atoms with E-state index in [9.17, 15) is 0 Å². The lowest BCUT2D eigenvalue weighted by molar-refractivity contribution is 0.969. The third kappa shape index (κ3) is 7.11. The number of hydrogen-bond acceptors (Lipinski definition) is 3. The van der Waals surface area contributed by atoms with Gasteiger partial charge in [-0.2, -0.15) is 0 Å². The van der Waals surface area contributed by atoms with Gasteiger partial charge in [0.15, 0.2) is 0 Å². The van der Waals surface area contributed by atoms with Crippen molar-refractivity contribution in [2.24, 2.45) is 5.73 Å². The van der Waals surface area contributed by atoms with Crippen molar-refractivity contribution < 1.29 is 0 Å². The summed E-state index contributed by atoms with van der Waals surface area (Å²) in [5, 5.41) is 0. The molecule has 2 nitrogen and oxygen atoms in total. The SMILES string of the molecule is C=C(C)Cc1cc(C)c(N)cc1C.C=C(SC)c1ccc(CCN)cc1. The van der Waals surface area contributed by atoms with Crippen molar-refractivity contribution in [3.8, 4) is 0 Å². The third-order valence-corrected chi connectivity index (χ3v) is 4.90. The molecule has 0 fully saturated rings. The highest BCUT2D eigenvalue weighted by molar-refractivity contribution is 8.07. The van der Waals surface area contributed by atoms with E-state index in [0.29, 0.717) is 6.54 Å². The number of anilines is 1. The standard InChI is InChI=1S/C12H17N.C11H15NS/c1-8(2)5-11-6-10(4)12(13)7-9(11)3;1-9(13-2)11-5-3-10(4-6-11)7-8-12/h6-7H,1,5,13H2,2-4H3;3-6H,1,7-8,12H2,2H3. The first kappa shape index (κ1) is 22.1. The Balaban J connectivity index is 0.000000260. The van der Waals surface area contributed by atoms with Gasteiger partial charge in [-0.25, -0.2) is 0 Å². The maximum Gasteiger partial charge on any atom is 0.0346 e. The van der Waals surface area contributed by atoms with Gasteiger partial charge < -0.3 is 11.5 Å². The first-order chi connectivity index (χ1) is 12.3. The number of rotatable bonds is 6. The zero-order valence-electron chi connectivity index (χ0n) is 16.6. The van der Waals surface area contributed by atoms with Crippen LogP contribution in [0.5, 0.6) is 0 Å². The Hall–Kier alpha value is -1.97. The number of benzene rings is 2. The van der Waals surface area contributed by atoms with Gasteiger partial charge in [0.25, 0.3) is 0 Å². The van der Waals surface area contributed by atoms with Gasteiger partial charge >= 0.3 is 0 Å². The largest absolute Gasteiger partial charge is 0.399 e. The van der Waals surface area contributed by atoms with E-state index in [4.69, 9.17) is 11.5 Å². The maximum atomic E-state index is 5.80. The van der Waals surface area contributed by atoms with Crippen LogP contribution in [0.3, 0.4) is 0 Å². The second-order valence-corrected chi connectivity index (χ2v) is 7.53. The van der Waals surface area contributed by atoms with Crippen LogP contribution in [0.25, 0.3) is 4.91 Å². The van der Waals surface area contributed by atoms with E-state index in [0.717, 1.165) is 29.0 Å². The monoisotopic (exact) mass is 368 g/mol. The van der Waals surface area contributed by atoms with Crippen molar-refractivity contribution in [2.75, 3.05) is 18.5 Å². The highest BCUT2D eigenvalue weighted by Crippen LogP contribution is 2.22. The van der Waals surface area contributed by atoms with E-state index >= 15 is 0 Å². The first-order valence-electron chi connectivity index (χ1n) is 8.80. The van der Waals surface area contributed by atoms with Crippen LogP contribution < -0.4 is 11.5 Å². The number of allylic oxidation sites excluding steroid dienone is 1. The first-order valence-corrected chi connectivity index (χ1v) is 10.0. The number of hydrogen-bond donors (Lipinski definition) is 2. The molecule has 0 aliphatic carbocycles. The van der Waals surface area contributed by atoms with Gasteiger partial charge in [0, 0.05) is 10.6 Å². The molecule has 3 heteroatoms. The molecular weight excluding hydrogens is 336 g/mol. The van der Waals surface area contributed by atoms with Crippen molar-refractivity contribution in [3.63, 3.8) is 0 Å². The van der Waals surface area contributed by atoms with Crippen LogP contribution in [0.15, 0.2) is 55.1 Å². The predicted molar refractivity (Wildman–Crippen MR) is 121 cm³/mol. The molecule has 0 aliphatic heterocycles. The predicted octanol–water partition coefficient (Wildman–Crippen LogP) is 5.53. The molecule has 0 aliphatic rings. The Bertz CT molecular complexity index is 746. The van der Waals surface area contributed by atoms with Crippen molar-refractivity contribution in [1.29, 1.82) is 0 Å². The molecule has 140 valence electrons. The number of nitrogens with two attached hydrogens (primary N) is 2. The number of thioether (sulfide) groups is 1. The van der Waals surface area contributed by atoms with E-state index < -0.39 is 0 Å². The molecule has 0 unspecified atom stereocenters. The summed E-state index contributed by atoms with van der Waals surface area (Å²) in [5.74, 6) is 0. The lowest BCUT2D eigenvalue weighted by Gasteiger charge is -2.09. The van der Waals surface area contributed by atoms with Gasteiger partial charge in [0.05, 0.1) is 0 Å². The van der Waals surface area contributed by atoms with Crippen molar-refractivity contribution in [2.45, 2.75) is 33.6 Å². The van der Waals surface area contributed by atoms with Crippen molar-refractivity contribution in [3.05, 3.63) is 82.9 Å². The fourth-order valence-electron chi connectivity index (χ4n) is 2.56. The molecule has 0 heterocycles. The normalized spacial score (nSPS) is 10.0. The van der Waals surface area contributed by atoms with E-state index in [1.807, 2.05) is 26.2 Å². The molecule has 26 heavy (non-hydrogen) atoms. The van der Waals surface area contributed by atoms with E-state index in [-0.39, 0.29) is 0 Å². The summed E-state index contributed by atoms with van der Waals surface area (Å²) in [7, 11) is 0. The Labute approximate surface area is 163 Å². The van der Waals surface area contributed by atoms with Gasteiger partial charge in [-0.15, -0.1) is 11.8 Å². The average molecular weight is 369 g/mol. The molecule has 0 bridgehead atoms. The number of nitrogen functional groups attached to an aromatic ring is 1. The molecule has 0 aromatic heterocycles. The molecule has 0 saturated heterocycles. The van der Waals surface area contributed by atoms with Gasteiger partial charge in [0.1, 0.15) is 0 Å². The van der Waals surface area contributed by atoms with Crippen LogP contribution >= 0.6 is 11.8 Å². The highest BCUT2D eigenvalue weighted by atomic mass is 32.2. The summed E-state index contributed by atoms with van der Waals surface area (Å²) in [6, 6.07) is 12.6. The topological polar surface area (TPSA) is 52.0 Å². The average Bonchev–Trinajstić information content (AvgIpc) is 2.60. The molecule has 0 saturated carbocycles. The van der Waals surface area contributed by atoms with Crippen molar-refractivity contribution in [1.82, 2.24) is 0 Å². The van der Waals surface area contributed by atoms with Crippen LogP contribution in [0.1, 0.15) is 34.7 Å². The smallest absolute Gasteiger partial charge is 0.0346 e. The summed E-state index contributed by atoms with van der Waals surface area (Å²) >= 11 is 1.68. The molecule has 2 rings (SSSR count). The van der Waals surface area contributed by atoms with E-state index in [1.54, 1.807) is 11.8 Å². The summed E-state index contributed by atoms with van der Waals surface area (Å²) in [5.41, 5.74) is 19.6. The Morgan fingerprint density at radius 2 is 1.65 bits per heavy atom. The second-order valence-electron chi connectivity index (χ2n) is 6.63. The fraction of sp³-hybridized carbons (Fsp3) is 0.304. The van der Waals surface area contributed by atoms with Gasteiger partial charge in [0.2, 0.25) is 0 Å². The molecule has 0 radical (unpaired) electrons. The second kappa shape index (κ2) is 10.9. The van der Waals surface area contributed by atoms with Crippen LogP contribution in [-0.4, -0.2) is 12.8 Å². The lowest BCUT2D eigenvalue weighted by Crippen LogP contribution is -2.02. The van der Waals surface area contributed by atoms with Crippen LogP contribution in [0.4, 0.5) is 5.69 Å². The number of aryl methyl sites for hydroxylation is 2. The van der Waals surface area contributed by atoms with Gasteiger partial charge in [-0.3, -0.25) is 0 Å². The third-order valence-electron chi connectivity index (χ3n) is 4.17. The minimum atomic E-state index is 0.711. The Morgan fingerprint density at radius 3 is 2.15 bits per heavy atom. The zero-order chi connectivity index (χ0) is 19.7. The lowest BCUT2D eigenvalue weighted by atomic mass is 9.99. The fourth-order valence-corrected chi connectivity index (χ4v) is 2.93. The van der Waals surface area contributed by atoms with Gasteiger partial charge in [-0.1, -0.05) is 49.1 Å². The Kier molecular flexibility index (Phi) is 9.25. The van der Waals surface area contributed by atoms with Crippen LogP contribution in [0, 0.1) is 13.8 Å².